The van der Waals surface area contributed by atoms with Crippen molar-refractivity contribution >= 4 is 15.9 Å². The highest BCUT2D eigenvalue weighted by Gasteiger charge is 2.20. The molecule has 2 N–H and O–H groups in total. The Hall–Kier alpha value is -1.27. The zero-order valence-corrected chi connectivity index (χ0v) is 12.3. The van der Waals surface area contributed by atoms with Crippen LogP contribution in [0.2, 0.25) is 0 Å². The maximum atomic E-state index is 13.2. The summed E-state index contributed by atoms with van der Waals surface area (Å²) in [4.78, 5) is 4.27. The molecular formula is C13H15BrFN3O. The molecule has 2 atom stereocenters. The number of nitrogens with two attached hydrogens (primary N) is 1. The number of nitrogens with zero attached hydrogens (tertiary/aromatic N) is 2. The van der Waals surface area contributed by atoms with Crippen molar-refractivity contribution in [1.29, 1.82) is 0 Å². The molecule has 0 saturated heterocycles. The van der Waals surface area contributed by atoms with Crippen molar-refractivity contribution in [3.05, 3.63) is 34.4 Å². The van der Waals surface area contributed by atoms with E-state index in [1.165, 1.54) is 6.07 Å². The SMILES string of the molecule is CCC(C)[C@H](N)c1nc(-c2ccc(F)c(Br)c2)no1. The number of benzene rings is 1. The molecule has 1 heterocycles. The minimum atomic E-state index is -0.330. The molecule has 6 heteroatoms. The number of rotatable bonds is 4. The van der Waals surface area contributed by atoms with Gasteiger partial charge in [-0.2, -0.15) is 4.98 Å². The minimum Gasteiger partial charge on any atom is -0.337 e. The summed E-state index contributed by atoms with van der Waals surface area (Å²) in [5, 5.41) is 3.89. The van der Waals surface area contributed by atoms with Gasteiger partial charge in [0.1, 0.15) is 5.82 Å². The fourth-order valence-electron chi connectivity index (χ4n) is 1.62. The molecule has 4 nitrogen and oxygen atoms in total. The first-order valence-electron chi connectivity index (χ1n) is 6.07. The quantitative estimate of drug-likeness (QED) is 0.930. The summed E-state index contributed by atoms with van der Waals surface area (Å²) in [5.41, 5.74) is 6.71. The van der Waals surface area contributed by atoms with Crippen LogP contribution in [0.4, 0.5) is 4.39 Å². The van der Waals surface area contributed by atoms with E-state index in [0.717, 1.165) is 6.42 Å². The Bertz CT molecular complexity index is 573. The molecule has 0 fully saturated rings. The molecule has 0 amide bonds. The fourth-order valence-corrected chi connectivity index (χ4v) is 2.00. The molecule has 2 aromatic rings. The third kappa shape index (κ3) is 3.01. The Morgan fingerprint density at radius 3 is 2.84 bits per heavy atom. The number of aromatic nitrogens is 2. The summed E-state index contributed by atoms with van der Waals surface area (Å²) in [6.45, 7) is 4.09. The van der Waals surface area contributed by atoms with Crippen molar-refractivity contribution in [3.8, 4) is 11.4 Å². The van der Waals surface area contributed by atoms with Gasteiger partial charge in [0.25, 0.3) is 0 Å². The predicted molar refractivity (Wildman–Crippen MR) is 73.8 cm³/mol. The number of hydrogen-bond acceptors (Lipinski definition) is 4. The molecular weight excluding hydrogens is 313 g/mol. The van der Waals surface area contributed by atoms with Crippen LogP contribution in [-0.2, 0) is 0 Å². The van der Waals surface area contributed by atoms with Crippen LogP contribution in [0, 0.1) is 11.7 Å². The molecule has 0 saturated carbocycles. The van der Waals surface area contributed by atoms with Crippen LogP contribution >= 0.6 is 15.9 Å². The van der Waals surface area contributed by atoms with Gasteiger partial charge >= 0.3 is 0 Å². The molecule has 1 aromatic heterocycles. The third-order valence-electron chi connectivity index (χ3n) is 3.16. The van der Waals surface area contributed by atoms with E-state index in [1.54, 1.807) is 12.1 Å². The zero-order chi connectivity index (χ0) is 14.0. The Kier molecular flexibility index (Phi) is 4.31. The molecule has 19 heavy (non-hydrogen) atoms. The van der Waals surface area contributed by atoms with Crippen molar-refractivity contribution < 1.29 is 8.91 Å². The molecule has 0 aliphatic carbocycles. The maximum absolute atomic E-state index is 13.2. The fraction of sp³-hybridized carbons (Fsp3) is 0.385. The van der Waals surface area contributed by atoms with Crippen molar-refractivity contribution in [2.75, 3.05) is 0 Å². The van der Waals surface area contributed by atoms with Gasteiger partial charge in [-0.15, -0.1) is 0 Å². The summed E-state index contributed by atoms with van der Waals surface area (Å²) in [6.07, 6.45) is 0.932. The molecule has 0 aliphatic rings. The lowest BCUT2D eigenvalue weighted by atomic mass is 10.0. The molecule has 0 aliphatic heterocycles. The van der Waals surface area contributed by atoms with Gasteiger partial charge in [0.05, 0.1) is 10.5 Å². The van der Waals surface area contributed by atoms with Crippen LogP contribution < -0.4 is 5.73 Å². The van der Waals surface area contributed by atoms with Crippen LogP contribution in [0.1, 0.15) is 32.2 Å². The zero-order valence-electron chi connectivity index (χ0n) is 10.7. The Labute approximate surface area is 119 Å². The monoisotopic (exact) mass is 327 g/mol. The first kappa shape index (κ1) is 14.1. The van der Waals surface area contributed by atoms with Gasteiger partial charge < -0.3 is 10.3 Å². The van der Waals surface area contributed by atoms with Gasteiger partial charge in [-0.05, 0) is 40.0 Å². The summed E-state index contributed by atoms with van der Waals surface area (Å²) in [5.74, 6) is 0.747. The van der Waals surface area contributed by atoms with Crippen LogP contribution in [0.25, 0.3) is 11.4 Å². The van der Waals surface area contributed by atoms with Crippen molar-refractivity contribution in [2.45, 2.75) is 26.3 Å². The molecule has 0 radical (unpaired) electrons. The summed E-state index contributed by atoms with van der Waals surface area (Å²) < 4.78 is 18.7. The van der Waals surface area contributed by atoms with E-state index < -0.39 is 0 Å². The maximum Gasteiger partial charge on any atom is 0.244 e. The smallest absolute Gasteiger partial charge is 0.244 e. The Morgan fingerprint density at radius 2 is 2.21 bits per heavy atom. The van der Waals surface area contributed by atoms with E-state index in [1.807, 2.05) is 6.92 Å². The summed E-state index contributed by atoms with van der Waals surface area (Å²) >= 11 is 3.13. The van der Waals surface area contributed by atoms with Crippen LogP contribution in [-0.4, -0.2) is 10.1 Å². The Balaban J connectivity index is 2.27. The summed E-state index contributed by atoms with van der Waals surface area (Å²) in [7, 11) is 0. The first-order chi connectivity index (χ1) is 9.02. The van der Waals surface area contributed by atoms with Gasteiger partial charge in [0, 0.05) is 5.56 Å². The first-order valence-corrected chi connectivity index (χ1v) is 6.86. The average molecular weight is 328 g/mol. The lowest BCUT2D eigenvalue weighted by Gasteiger charge is -2.12. The second kappa shape index (κ2) is 5.79. The highest BCUT2D eigenvalue weighted by Crippen LogP contribution is 2.26. The van der Waals surface area contributed by atoms with Gasteiger partial charge in [-0.1, -0.05) is 25.4 Å². The van der Waals surface area contributed by atoms with E-state index in [0.29, 0.717) is 21.8 Å². The molecule has 0 bridgehead atoms. The van der Waals surface area contributed by atoms with Crippen molar-refractivity contribution in [1.82, 2.24) is 10.1 Å². The van der Waals surface area contributed by atoms with Gasteiger partial charge in [-0.25, -0.2) is 4.39 Å². The van der Waals surface area contributed by atoms with Gasteiger partial charge in [0.2, 0.25) is 11.7 Å². The van der Waals surface area contributed by atoms with E-state index in [4.69, 9.17) is 10.3 Å². The van der Waals surface area contributed by atoms with E-state index >= 15 is 0 Å². The highest BCUT2D eigenvalue weighted by molar-refractivity contribution is 9.10. The Morgan fingerprint density at radius 1 is 1.47 bits per heavy atom. The third-order valence-corrected chi connectivity index (χ3v) is 3.77. The molecule has 102 valence electrons. The van der Waals surface area contributed by atoms with Crippen LogP contribution in [0.15, 0.2) is 27.2 Å². The van der Waals surface area contributed by atoms with Crippen molar-refractivity contribution in [2.24, 2.45) is 11.7 Å². The number of halogens is 2. The standard InChI is InChI=1S/C13H15BrFN3O/c1-3-7(2)11(16)13-17-12(18-19-13)8-4-5-10(15)9(14)6-8/h4-7,11H,3,16H2,1-2H3/t7?,11-/m0/s1. The van der Waals surface area contributed by atoms with Crippen LogP contribution in [0.5, 0.6) is 0 Å². The average Bonchev–Trinajstić information content (AvgIpc) is 2.89. The van der Waals surface area contributed by atoms with E-state index in [-0.39, 0.29) is 17.8 Å². The second-order valence-corrected chi connectivity index (χ2v) is 5.35. The molecule has 1 unspecified atom stereocenters. The predicted octanol–water partition coefficient (Wildman–Crippen LogP) is 3.68. The lowest BCUT2D eigenvalue weighted by Crippen LogP contribution is -2.18. The van der Waals surface area contributed by atoms with Crippen LogP contribution in [0.3, 0.4) is 0 Å². The second-order valence-electron chi connectivity index (χ2n) is 4.50. The highest BCUT2D eigenvalue weighted by atomic mass is 79.9. The molecule has 0 spiro atoms. The molecule has 2 rings (SSSR count). The normalized spacial score (nSPS) is 14.4. The van der Waals surface area contributed by atoms with E-state index in [2.05, 4.69) is 33.0 Å². The van der Waals surface area contributed by atoms with Gasteiger partial charge in [0.15, 0.2) is 0 Å². The minimum absolute atomic E-state index is 0.258. The molecule has 1 aromatic carbocycles. The van der Waals surface area contributed by atoms with Crippen molar-refractivity contribution in [3.63, 3.8) is 0 Å². The number of hydrogen-bond donors (Lipinski definition) is 1. The topological polar surface area (TPSA) is 64.9 Å². The van der Waals surface area contributed by atoms with Gasteiger partial charge in [-0.3, -0.25) is 0 Å². The lowest BCUT2D eigenvalue weighted by molar-refractivity contribution is 0.312. The largest absolute Gasteiger partial charge is 0.337 e. The summed E-state index contributed by atoms with van der Waals surface area (Å²) in [6, 6.07) is 4.28. The van der Waals surface area contributed by atoms with E-state index in [9.17, 15) is 4.39 Å².